The first-order valence-electron chi connectivity index (χ1n) is 8.61. The Balaban J connectivity index is 1.40. The zero-order chi connectivity index (χ0) is 17.4. The zero-order valence-electron chi connectivity index (χ0n) is 13.6. The summed E-state index contributed by atoms with van der Waals surface area (Å²) in [5.74, 6) is -3.00. The molecule has 0 aromatic heterocycles. The third-order valence-corrected chi connectivity index (χ3v) is 7.36. The van der Waals surface area contributed by atoms with E-state index in [4.69, 9.17) is 0 Å². The molecule has 0 bridgehead atoms. The Morgan fingerprint density at radius 2 is 1.88 bits per heavy atom. The lowest BCUT2D eigenvalue weighted by Crippen LogP contribution is -2.43. The number of carbonyl (C=O) groups excluding carboxylic acids is 1. The van der Waals surface area contributed by atoms with Crippen molar-refractivity contribution < 1.29 is 22.0 Å². The van der Waals surface area contributed by atoms with Crippen molar-refractivity contribution in [1.29, 1.82) is 0 Å². The predicted octanol–water partition coefficient (Wildman–Crippen LogP) is 0.757. The number of hydrogen-bond acceptors (Lipinski definition) is 4. The van der Waals surface area contributed by atoms with Gasteiger partial charge in [0.25, 0.3) is 10.0 Å². The number of nitrogens with zero attached hydrogens (tertiary/aromatic N) is 1. The number of carbonyl (C=O) groups is 1. The number of amides is 1. The van der Waals surface area contributed by atoms with Crippen LogP contribution in [0.4, 0.5) is 8.78 Å². The third kappa shape index (κ3) is 3.57. The summed E-state index contributed by atoms with van der Waals surface area (Å²) in [4.78, 5) is 12.3. The van der Waals surface area contributed by atoms with Crippen LogP contribution >= 0.6 is 0 Å². The largest absolute Gasteiger partial charge is 0.356 e. The van der Waals surface area contributed by atoms with Gasteiger partial charge in [-0.1, -0.05) is 0 Å². The van der Waals surface area contributed by atoms with Gasteiger partial charge in [0.2, 0.25) is 5.91 Å². The van der Waals surface area contributed by atoms with Gasteiger partial charge in [0, 0.05) is 25.6 Å². The molecule has 6 nitrogen and oxygen atoms in total. The monoisotopic (exact) mass is 365 g/mol. The molecule has 1 atom stereocenters. The highest BCUT2D eigenvalue weighted by Gasteiger charge is 2.57. The molecule has 1 unspecified atom stereocenters. The first-order chi connectivity index (χ1) is 11.3. The van der Waals surface area contributed by atoms with E-state index in [1.807, 2.05) is 0 Å². The fourth-order valence-corrected chi connectivity index (χ4v) is 4.99. The van der Waals surface area contributed by atoms with Crippen LogP contribution in [0.5, 0.6) is 0 Å². The molecule has 1 amide bonds. The molecule has 2 N–H and O–H groups in total. The lowest BCUT2D eigenvalue weighted by molar-refractivity contribution is -0.123. The minimum Gasteiger partial charge on any atom is -0.356 e. The van der Waals surface area contributed by atoms with Crippen LogP contribution in [0, 0.1) is 17.3 Å². The van der Waals surface area contributed by atoms with Crippen LogP contribution in [0.25, 0.3) is 0 Å². The summed E-state index contributed by atoms with van der Waals surface area (Å²) in [7, 11) is -4.47. The Hall–Kier alpha value is -0.800. The second-order valence-electron chi connectivity index (χ2n) is 7.26. The van der Waals surface area contributed by atoms with Crippen molar-refractivity contribution in [2.24, 2.45) is 17.3 Å². The van der Waals surface area contributed by atoms with E-state index in [1.54, 1.807) is 0 Å². The van der Waals surface area contributed by atoms with E-state index in [0.29, 0.717) is 19.4 Å². The van der Waals surface area contributed by atoms with E-state index < -0.39 is 15.8 Å². The number of rotatable bonds is 5. The van der Waals surface area contributed by atoms with Crippen molar-refractivity contribution in [3.63, 3.8) is 0 Å². The third-order valence-electron chi connectivity index (χ3n) is 5.83. The second-order valence-corrected chi connectivity index (χ2v) is 9.16. The quantitative estimate of drug-likeness (QED) is 0.754. The van der Waals surface area contributed by atoms with Gasteiger partial charge < -0.3 is 10.6 Å². The zero-order valence-corrected chi connectivity index (χ0v) is 14.5. The van der Waals surface area contributed by atoms with Crippen molar-refractivity contribution in [3.8, 4) is 0 Å². The Bertz CT molecular complexity index is 571. The molecular weight excluding hydrogens is 340 g/mol. The Kier molecular flexibility index (Phi) is 5.13. The Labute approximate surface area is 141 Å². The number of piperidine rings is 2. The van der Waals surface area contributed by atoms with Gasteiger partial charge in [0.1, 0.15) is 0 Å². The van der Waals surface area contributed by atoms with E-state index in [-0.39, 0.29) is 36.2 Å². The molecule has 9 heteroatoms. The lowest BCUT2D eigenvalue weighted by Gasteiger charge is -2.31. The summed E-state index contributed by atoms with van der Waals surface area (Å²) in [6, 6.07) is 0. The minimum absolute atomic E-state index is 0.0968. The first kappa shape index (κ1) is 18.0. The van der Waals surface area contributed by atoms with Crippen molar-refractivity contribution in [1.82, 2.24) is 14.9 Å². The topological polar surface area (TPSA) is 78.5 Å². The molecular formula is C15H25F2N3O3S. The second kappa shape index (κ2) is 6.84. The molecule has 1 aliphatic carbocycles. The lowest BCUT2D eigenvalue weighted by atomic mass is 9.91. The van der Waals surface area contributed by atoms with E-state index in [9.17, 15) is 22.0 Å². The number of hydrogen-bond donors (Lipinski definition) is 2. The molecule has 24 heavy (non-hydrogen) atoms. The Morgan fingerprint density at radius 1 is 1.25 bits per heavy atom. The summed E-state index contributed by atoms with van der Waals surface area (Å²) >= 11 is 0. The average Bonchev–Trinajstić information content (AvgIpc) is 3.26. The summed E-state index contributed by atoms with van der Waals surface area (Å²) in [6.07, 6.45) is 4.08. The SMILES string of the molecule is O=C(NCC1CCN(S(=O)(=O)C(F)F)CC1)C1CC12CCNCC2. The molecule has 1 saturated carbocycles. The fraction of sp³-hybridized carbons (Fsp3) is 0.933. The van der Waals surface area contributed by atoms with Crippen LogP contribution in [-0.4, -0.2) is 57.1 Å². The highest BCUT2D eigenvalue weighted by atomic mass is 32.2. The average molecular weight is 365 g/mol. The summed E-state index contributed by atoms with van der Waals surface area (Å²) in [6.45, 7) is 2.66. The highest BCUT2D eigenvalue weighted by Crippen LogP contribution is 2.58. The van der Waals surface area contributed by atoms with E-state index in [1.165, 1.54) is 0 Å². The van der Waals surface area contributed by atoms with Crippen LogP contribution in [0.3, 0.4) is 0 Å². The van der Waals surface area contributed by atoms with Gasteiger partial charge in [0.15, 0.2) is 0 Å². The summed E-state index contributed by atoms with van der Waals surface area (Å²) in [5.41, 5.74) is 0.198. The summed E-state index contributed by atoms with van der Waals surface area (Å²) < 4.78 is 48.8. The highest BCUT2D eigenvalue weighted by molar-refractivity contribution is 7.89. The molecule has 3 aliphatic rings. The molecule has 2 saturated heterocycles. The maximum Gasteiger partial charge on any atom is 0.350 e. The van der Waals surface area contributed by atoms with Gasteiger partial charge in [-0.3, -0.25) is 4.79 Å². The fourth-order valence-electron chi connectivity index (χ4n) is 4.04. The standard InChI is InChI=1S/C15H25F2N3O3S/c16-14(17)24(22,23)20-7-1-11(2-8-20)10-19-13(21)12-9-15(12)3-5-18-6-4-15/h11-12,14,18H,1-10H2,(H,19,21). The van der Waals surface area contributed by atoms with Crippen molar-refractivity contribution in [2.75, 3.05) is 32.7 Å². The number of halogens is 2. The Morgan fingerprint density at radius 3 is 2.46 bits per heavy atom. The molecule has 0 aromatic rings. The smallest absolute Gasteiger partial charge is 0.350 e. The van der Waals surface area contributed by atoms with Crippen molar-refractivity contribution in [3.05, 3.63) is 0 Å². The molecule has 0 aromatic carbocycles. The van der Waals surface area contributed by atoms with E-state index >= 15 is 0 Å². The van der Waals surface area contributed by atoms with Gasteiger partial charge in [-0.15, -0.1) is 0 Å². The van der Waals surface area contributed by atoms with Gasteiger partial charge in [0.05, 0.1) is 0 Å². The van der Waals surface area contributed by atoms with Crippen LogP contribution in [0.2, 0.25) is 0 Å². The molecule has 2 aliphatic heterocycles. The first-order valence-corrected chi connectivity index (χ1v) is 10.1. The van der Waals surface area contributed by atoms with Gasteiger partial charge in [-0.05, 0) is 56.5 Å². The van der Waals surface area contributed by atoms with Crippen LogP contribution in [0.1, 0.15) is 32.1 Å². The number of alkyl halides is 2. The van der Waals surface area contributed by atoms with E-state index in [2.05, 4.69) is 10.6 Å². The van der Waals surface area contributed by atoms with E-state index in [0.717, 1.165) is 36.7 Å². The van der Waals surface area contributed by atoms with Crippen molar-refractivity contribution >= 4 is 15.9 Å². The maximum atomic E-state index is 12.5. The normalized spacial score (nSPS) is 28.2. The molecule has 0 radical (unpaired) electrons. The van der Waals surface area contributed by atoms with Gasteiger partial charge >= 0.3 is 5.76 Å². The number of nitrogens with one attached hydrogen (secondary N) is 2. The molecule has 3 fully saturated rings. The predicted molar refractivity (Wildman–Crippen MR) is 84.9 cm³/mol. The van der Waals surface area contributed by atoms with Crippen LogP contribution in [0.15, 0.2) is 0 Å². The van der Waals surface area contributed by atoms with Crippen molar-refractivity contribution in [2.45, 2.75) is 37.9 Å². The summed E-state index contributed by atoms with van der Waals surface area (Å²) in [5, 5.41) is 6.30. The van der Waals surface area contributed by atoms with Gasteiger partial charge in [-0.2, -0.15) is 13.1 Å². The minimum atomic E-state index is -4.47. The number of sulfonamides is 1. The van der Waals surface area contributed by atoms with Crippen LogP contribution < -0.4 is 10.6 Å². The molecule has 2 heterocycles. The molecule has 1 spiro atoms. The van der Waals surface area contributed by atoms with Crippen LogP contribution in [-0.2, 0) is 14.8 Å². The molecule has 138 valence electrons. The molecule has 3 rings (SSSR count). The van der Waals surface area contributed by atoms with Gasteiger partial charge in [-0.25, -0.2) is 8.42 Å². The maximum absolute atomic E-state index is 12.5.